The molecule has 0 bridgehead atoms. The fraction of sp³-hybridized carbons (Fsp3) is 0.750. The molecule has 1 aromatic rings. The average molecular weight is 293 g/mol. The Morgan fingerprint density at radius 1 is 1.52 bits per heavy atom. The zero-order chi connectivity index (χ0) is 15.8. The van der Waals surface area contributed by atoms with E-state index in [9.17, 15) is 4.79 Å². The number of hydrogen-bond acceptors (Lipinski definition) is 3. The van der Waals surface area contributed by atoms with Gasteiger partial charge in [-0.25, -0.2) is 0 Å². The molecule has 0 saturated heterocycles. The van der Waals surface area contributed by atoms with Crippen molar-refractivity contribution in [1.82, 2.24) is 14.7 Å². The third-order valence-corrected chi connectivity index (χ3v) is 4.70. The number of amides is 1. The zero-order valence-electron chi connectivity index (χ0n) is 14.0. The molecule has 1 fully saturated rings. The Kier molecular flexibility index (Phi) is 4.42. The molecule has 1 aliphatic carbocycles. The smallest absolute Gasteiger partial charge is 0.272 e. The summed E-state index contributed by atoms with van der Waals surface area (Å²) in [5, 5.41) is 4.36. The minimum Gasteiger partial charge on any atom is -0.378 e. The van der Waals surface area contributed by atoms with Gasteiger partial charge in [0.25, 0.3) is 5.91 Å². The Hall–Kier alpha value is -1.36. The second kappa shape index (κ2) is 5.79. The topological polar surface area (TPSA) is 47.4 Å². The first-order chi connectivity index (χ1) is 9.82. The molecule has 5 heteroatoms. The van der Waals surface area contributed by atoms with Crippen molar-refractivity contribution < 1.29 is 9.53 Å². The van der Waals surface area contributed by atoms with E-state index in [0.717, 1.165) is 18.7 Å². The Labute approximate surface area is 127 Å². The summed E-state index contributed by atoms with van der Waals surface area (Å²) in [5.74, 6) is 0.0467. The molecule has 2 atom stereocenters. The van der Waals surface area contributed by atoms with E-state index in [1.807, 2.05) is 38.8 Å². The summed E-state index contributed by atoms with van der Waals surface area (Å²) in [4.78, 5) is 14.6. The van der Waals surface area contributed by atoms with Crippen LogP contribution in [0.2, 0.25) is 0 Å². The predicted molar refractivity (Wildman–Crippen MR) is 82.3 cm³/mol. The number of carbonyl (C=O) groups is 1. The van der Waals surface area contributed by atoms with Gasteiger partial charge in [0.15, 0.2) is 0 Å². The van der Waals surface area contributed by atoms with Crippen LogP contribution >= 0.6 is 0 Å². The summed E-state index contributed by atoms with van der Waals surface area (Å²) in [6, 6.07) is 2.08. The van der Waals surface area contributed by atoms with E-state index in [1.165, 1.54) is 0 Å². The first-order valence-electron chi connectivity index (χ1n) is 7.76. The highest BCUT2D eigenvalue weighted by Gasteiger charge is 2.52. The summed E-state index contributed by atoms with van der Waals surface area (Å²) in [5.41, 5.74) is 1.55. The molecule has 118 valence electrons. The van der Waals surface area contributed by atoms with E-state index in [1.54, 1.807) is 4.68 Å². The Bertz CT molecular complexity index is 522. The second-order valence-electron chi connectivity index (χ2n) is 6.42. The molecule has 21 heavy (non-hydrogen) atoms. The molecular weight excluding hydrogens is 266 g/mol. The van der Waals surface area contributed by atoms with Gasteiger partial charge in [0.2, 0.25) is 0 Å². The Morgan fingerprint density at radius 3 is 2.71 bits per heavy atom. The molecule has 1 aromatic heterocycles. The Morgan fingerprint density at radius 2 is 2.19 bits per heavy atom. The van der Waals surface area contributed by atoms with E-state index in [-0.39, 0.29) is 23.5 Å². The van der Waals surface area contributed by atoms with Crippen LogP contribution in [-0.4, -0.2) is 46.4 Å². The van der Waals surface area contributed by atoms with E-state index >= 15 is 0 Å². The molecule has 2 rings (SSSR count). The summed E-state index contributed by atoms with van der Waals surface area (Å²) >= 11 is 0. The van der Waals surface area contributed by atoms with Gasteiger partial charge in [0, 0.05) is 31.7 Å². The fourth-order valence-corrected chi connectivity index (χ4v) is 3.29. The third kappa shape index (κ3) is 2.71. The van der Waals surface area contributed by atoms with Gasteiger partial charge in [-0.2, -0.15) is 5.10 Å². The largest absolute Gasteiger partial charge is 0.378 e. The monoisotopic (exact) mass is 293 g/mol. The maximum absolute atomic E-state index is 12.7. The minimum absolute atomic E-state index is 0.00741. The van der Waals surface area contributed by atoms with Crippen molar-refractivity contribution in [3.05, 3.63) is 17.5 Å². The van der Waals surface area contributed by atoms with Crippen molar-refractivity contribution >= 4 is 5.91 Å². The molecule has 1 aliphatic rings. The normalized spacial score (nSPS) is 23.7. The lowest BCUT2D eigenvalue weighted by atomic mass is 9.63. The van der Waals surface area contributed by atoms with Gasteiger partial charge in [0.05, 0.1) is 11.8 Å². The number of carbonyl (C=O) groups excluding carboxylic acids is 1. The van der Waals surface area contributed by atoms with E-state index < -0.39 is 0 Å². The maximum Gasteiger partial charge on any atom is 0.272 e. The van der Waals surface area contributed by atoms with Crippen LogP contribution in [0.5, 0.6) is 0 Å². The summed E-state index contributed by atoms with van der Waals surface area (Å²) in [6.45, 7) is 11.7. The number of rotatable bonds is 5. The molecule has 5 nitrogen and oxygen atoms in total. The lowest BCUT2D eigenvalue weighted by Gasteiger charge is -2.54. The van der Waals surface area contributed by atoms with Crippen LogP contribution in [0.25, 0.3) is 0 Å². The highest BCUT2D eigenvalue weighted by molar-refractivity contribution is 5.93. The third-order valence-electron chi connectivity index (χ3n) is 4.70. The van der Waals surface area contributed by atoms with Crippen molar-refractivity contribution in [3.8, 4) is 0 Å². The van der Waals surface area contributed by atoms with Crippen molar-refractivity contribution in [2.75, 3.05) is 13.7 Å². The molecule has 0 unspecified atom stereocenters. The maximum atomic E-state index is 12.7. The van der Waals surface area contributed by atoms with Gasteiger partial charge in [0.1, 0.15) is 5.69 Å². The molecule has 1 saturated carbocycles. The molecular formula is C16H27N3O2. The fourth-order valence-electron chi connectivity index (χ4n) is 3.29. The molecule has 0 spiro atoms. The highest BCUT2D eigenvalue weighted by atomic mass is 16.5. The molecule has 0 radical (unpaired) electrons. The van der Waals surface area contributed by atoms with Gasteiger partial charge in [-0.3, -0.25) is 9.48 Å². The van der Waals surface area contributed by atoms with Crippen LogP contribution in [0.1, 0.15) is 50.3 Å². The highest BCUT2D eigenvalue weighted by Crippen LogP contribution is 2.45. The van der Waals surface area contributed by atoms with Crippen molar-refractivity contribution in [2.24, 2.45) is 5.41 Å². The lowest BCUT2D eigenvalue weighted by molar-refractivity contribution is -0.136. The van der Waals surface area contributed by atoms with Crippen LogP contribution in [0.15, 0.2) is 6.07 Å². The van der Waals surface area contributed by atoms with E-state index in [2.05, 4.69) is 18.9 Å². The minimum atomic E-state index is -0.00741. The van der Waals surface area contributed by atoms with Crippen LogP contribution in [-0.2, 0) is 11.3 Å². The lowest BCUT2D eigenvalue weighted by Crippen LogP contribution is -2.62. The van der Waals surface area contributed by atoms with Gasteiger partial charge < -0.3 is 9.64 Å². The molecule has 1 amide bonds. The number of aromatic nitrogens is 2. The molecule has 0 aromatic carbocycles. The van der Waals surface area contributed by atoms with Gasteiger partial charge >= 0.3 is 0 Å². The van der Waals surface area contributed by atoms with Crippen LogP contribution in [0.3, 0.4) is 0 Å². The summed E-state index contributed by atoms with van der Waals surface area (Å²) < 4.78 is 7.53. The van der Waals surface area contributed by atoms with Crippen LogP contribution in [0.4, 0.5) is 0 Å². The first-order valence-corrected chi connectivity index (χ1v) is 7.76. The van der Waals surface area contributed by atoms with Crippen LogP contribution < -0.4 is 0 Å². The van der Waals surface area contributed by atoms with Gasteiger partial charge in [-0.15, -0.1) is 0 Å². The predicted octanol–water partition coefficient (Wildman–Crippen LogP) is 2.49. The van der Waals surface area contributed by atoms with E-state index in [4.69, 9.17) is 4.74 Å². The van der Waals surface area contributed by atoms with Gasteiger partial charge in [-0.1, -0.05) is 13.8 Å². The zero-order valence-corrected chi connectivity index (χ0v) is 14.0. The molecule has 1 heterocycles. The Balaban J connectivity index is 2.14. The standard InChI is InChI=1S/C16H27N3O2/c1-7-19-12(9-11(3)17-19)15(20)18(6)13-10-14(21-8-2)16(13,4)5/h9,13-14H,7-8,10H2,1-6H3/t13-,14+/m1/s1. The van der Waals surface area contributed by atoms with E-state index in [0.29, 0.717) is 12.2 Å². The first kappa shape index (κ1) is 16.0. The number of ether oxygens (including phenoxy) is 1. The average Bonchev–Trinajstić information content (AvgIpc) is 2.82. The van der Waals surface area contributed by atoms with Crippen molar-refractivity contribution in [3.63, 3.8) is 0 Å². The second-order valence-corrected chi connectivity index (χ2v) is 6.42. The van der Waals surface area contributed by atoms with Gasteiger partial charge in [-0.05, 0) is 33.3 Å². The van der Waals surface area contributed by atoms with Crippen molar-refractivity contribution in [1.29, 1.82) is 0 Å². The molecule has 0 N–H and O–H groups in total. The number of nitrogens with zero attached hydrogens (tertiary/aromatic N) is 3. The SMILES string of the molecule is CCO[C@H]1C[C@@H](N(C)C(=O)c2cc(C)nn2CC)C1(C)C. The summed E-state index contributed by atoms with van der Waals surface area (Å²) in [7, 11) is 1.89. The van der Waals surface area contributed by atoms with Crippen LogP contribution in [0, 0.1) is 12.3 Å². The quantitative estimate of drug-likeness (QED) is 0.838. The summed E-state index contributed by atoms with van der Waals surface area (Å²) in [6.07, 6.45) is 1.14. The number of hydrogen-bond donors (Lipinski definition) is 0. The van der Waals surface area contributed by atoms with Crippen molar-refractivity contribution in [2.45, 2.75) is 59.7 Å². The number of aryl methyl sites for hydroxylation is 2. The molecule has 0 aliphatic heterocycles.